The Bertz CT molecular complexity index is 829. The Kier molecular flexibility index (Phi) is 9.04. The molecule has 1 heterocycles. The van der Waals surface area contributed by atoms with E-state index >= 15 is 0 Å². The first-order chi connectivity index (χ1) is 14.3. The van der Waals surface area contributed by atoms with E-state index in [0.717, 1.165) is 55.9 Å². The lowest BCUT2D eigenvalue weighted by Gasteiger charge is -2.23. The number of carbonyl (C=O) groups is 1. The number of alkyl halides is 3. The van der Waals surface area contributed by atoms with Crippen LogP contribution in [0.4, 0.5) is 23.7 Å². The molecule has 2 amide bonds. The van der Waals surface area contributed by atoms with E-state index < -0.39 is 17.8 Å². The number of benzene rings is 1. The largest absolute Gasteiger partial charge is 0.416 e. The molecule has 0 radical (unpaired) electrons. The van der Waals surface area contributed by atoms with E-state index in [1.807, 2.05) is 0 Å². The Labute approximate surface area is 177 Å². The van der Waals surface area contributed by atoms with Crippen LogP contribution in [0.25, 0.3) is 0 Å². The highest BCUT2D eigenvalue weighted by atomic mass is 35.5. The van der Waals surface area contributed by atoms with Gasteiger partial charge in [0, 0.05) is 18.4 Å². The monoisotopic (exact) mass is 442 g/mol. The number of nitroso groups, excluding NO2 is 1. The molecule has 0 aliphatic heterocycles. The Hall–Kier alpha value is -2.68. The molecule has 1 aromatic carbocycles. The molecule has 1 aromatic heterocycles. The van der Waals surface area contributed by atoms with Gasteiger partial charge in [0.15, 0.2) is 0 Å². The fraction of sp³-hybridized carbons (Fsp3) is 0.400. The third kappa shape index (κ3) is 7.98. The van der Waals surface area contributed by atoms with E-state index in [1.165, 1.54) is 0 Å². The maximum Gasteiger partial charge on any atom is 0.416 e. The van der Waals surface area contributed by atoms with E-state index in [0.29, 0.717) is 0 Å². The number of hydrogen-bond acceptors (Lipinski definition) is 4. The predicted octanol–water partition coefficient (Wildman–Crippen LogP) is 6.16. The molecule has 6 nitrogen and oxygen atoms in total. The van der Waals surface area contributed by atoms with E-state index in [9.17, 15) is 22.9 Å². The molecule has 0 saturated heterocycles. The number of aromatic nitrogens is 1. The van der Waals surface area contributed by atoms with Crippen molar-refractivity contribution in [3.8, 4) is 0 Å². The quantitative estimate of drug-likeness (QED) is 0.556. The maximum atomic E-state index is 12.6. The number of nitrogens with one attached hydrogen (secondary N) is 2. The van der Waals surface area contributed by atoms with Crippen LogP contribution in [0.5, 0.6) is 0 Å². The van der Waals surface area contributed by atoms with Crippen LogP contribution in [0, 0.1) is 4.91 Å². The Morgan fingerprint density at radius 1 is 1.13 bits per heavy atom. The van der Waals surface area contributed by atoms with Crippen LogP contribution in [0.15, 0.2) is 47.9 Å². The standard InChI is InChI=1S/C14H16ClF3N2O.C6H6N2O/c15-11-7-6-9(14(16,17)18)8-12(11)20-13(21)19-10-4-2-1-3-5-10;9-8-5-6-1-3-7-4-2-6/h6-8,10H,1-5H2,(H2,19,20,21);1-4H,5H2. The van der Waals surface area contributed by atoms with Crippen molar-refractivity contribution in [2.45, 2.75) is 50.9 Å². The lowest BCUT2D eigenvalue weighted by atomic mass is 9.96. The van der Waals surface area contributed by atoms with Crippen molar-refractivity contribution in [3.05, 3.63) is 63.8 Å². The zero-order chi connectivity index (χ0) is 22.0. The summed E-state index contributed by atoms with van der Waals surface area (Å²) < 4.78 is 37.9. The summed E-state index contributed by atoms with van der Waals surface area (Å²) in [5.74, 6) is 0. The van der Waals surface area contributed by atoms with E-state index in [-0.39, 0.29) is 23.3 Å². The van der Waals surface area contributed by atoms with Gasteiger partial charge in [0.05, 0.1) is 16.3 Å². The summed E-state index contributed by atoms with van der Waals surface area (Å²) in [6.45, 7) is 0.239. The van der Waals surface area contributed by atoms with Gasteiger partial charge >= 0.3 is 12.2 Å². The number of nitrogens with zero attached hydrogens (tertiary/aromatic N) is 2. The fourth-order valence-corrected chi connectivity index (χ4v) is 3.12. The number of rotatable bonds is 4. The van der Waals surface area contributed by atoms with E-state index in [2.05, 4.69) is 20.8 Å². The molecule has 1 fully saturated rings. The van der Waals surface area contributed by atoms with Crippen LogP contribution in [0.2, 0.25) is 5.02 Å². The summed E-state index contributed by atoms with van der Waals surface area (Å²) in [5, 5.41) is 7.95. The highest BCUT2D eigenvalue weighted by Crippen LogP contribution is 2.33. The van der Waals surface area contributed by atoms with Crippen LogP contribution in [-0.4, -0.2) is 17.1 Å². The first-order valence-corrected chi connectivity index (χ1v) is 9.79. The smallest absolute Gasteiger partial charge is 0.335 e. The second kappa shape index (κ2) is 11.5. The minimum Gasteiger partial charge on any atom is -0.335 e. The van der Waals surface area contributed by atoms with Crippen molar-refractivity contribution in [2.24, 2.45) is 5.18 Å². The van der Waals surface area contributed by atoms with Crippen LogP contribution in [-0.2, 0) is 12.7 Å². The summed E-state index contributed by atoms with van der Waals surface area (Å²) in [5.41, 5.74) is 0.0136. The first-order valence-electron chi connectivity index (χ1n) is 9.42. The zero-order valence-electron chi connectivity index (χ0n) is 16.1. The van der Waals surface area contributed by atoms with Gasteiger partial charge in [-0.15, -0.1) is 0 Å². The van der Waals surface area contributed by atoms with Gasteiger partial charge in [-0.3, -0.25) is 4.98 Å². The Morgan fingerprint density at radius 2 is 1.80 bits per heavy atom. The molecular weight excluding hydrogens is 421 g/mol. The second-order valence-corrected chi connectivity index (χ2v) is 7.18. The summed E-state index contributed by atoms with van der Waals surface area (Å²) in [6, 6.07) is 5.92. The third-order valence-electron chi connectivity index (χ3n) is 4.48. The topological polar surface area (TPSA) is 83.5 Å². The Balaban J connectivity index is 0.000000297. The van der Waals surface area contributed by atoms with Gasteiger partial charge in [-0.2, -0.15) is 18.1 Å². The number of amides is 2. The van der Waals surface area contributed by atoms with Crippen molar-refractivity contribution in [2.75, 3.05) is 5.32 Å². The minimum atomic E-state index is -4.47. The molecule has 0 atom stereocenters. The van der Waals surface area contributed by atoms with Crippen LogP contribution in [0.3, 0.4) is 0 Å². The summed E-state index contributed by atoms with van der Waals surface area (Å²) in [7, 11) is 0. The van der Waals surface area contributed by atoms with Crippen molar-refractivity contribution in [1.29, 1.82) is 0 Å². The average Bonchev–Trinajstić information content (AvgIpc) is 2.71. The van der Waals surface area contributed by atoms with Gasteiger partial charge in [0.1, 0.15) is 6.54 Å². The van der Waals surface area contributed by atoms with Gasteiger partial charge in [-0.05, 0) is 48.7 Å². The predicted molar refractivity (Wildman–Crippen MR) is 109 cm³/mol. The summed E-state index contributed by atoms with van der Waals surface area (Å²) in [6.07, 6.45) is 3.85. The first kappa shape index (κ1) is 23.6. The van der Waals surface area contributed by atoms with Gasteiger partial charge in [-0.1, -0.05) is 36.0 Å². The molecule has 0 spiro atoms. The molecule has 30 heavy (non-hydrogen) atoms. The van der Waals surface area contributed by atoms with Crippen LogP contribution < -0.4 is 10.6 Å². The lowest BCUT2D eigenvalue weighted by molar-refractivity contribution is -0.137. The highest BCUT2D eigenvalue weighted by molar-refractivity contribution is 6.33. The molecule has 0 unspecified atom stereocenters. The van der Waals surface area contributed by atoms with Crippen LogP contribution in [0.1, 0.15) is 43.2 Å². The number of pyridine rings is 1. The van der Waals surface area contributed by atoms with Gasteiger partial charge < -0.3 is 10.6 Å². The Morgan fingerprint density at radius 3 is 2.40 bits per heavy atom. The average molecular weight is 443 g/mol. The molecule has 2 aromatic rings. The SMILES string of the molecule is O=C(Nc1cc(C(F)(F)F)ccc1Cl)NC1CCCCC1.O=NCc1ccncc1. The maximum absolute atomic E-state index is 12.6. The minimum absolute atomic E-state index is 0.0419. The molecular formula is C20H22ClF3N4O2. The van der Waals surface area contributed by atoms with Crippen molar-refractivity contribution in [3.63, 3.8) is 0 Å². The summed E-state index contributed by atoms with van der Waals surface area (Å²) >= 11 is 5.82. The van der Waals surface area contributed by atoms with Crippen molar-refractivity contribution >= 4 is 23.3 Å². The van der Waals surface area contributed by atoms with Gasteiger partial charge in [0.25, 0.3) is 0 Å². The van der Waals surface area contributed by atoms with Crippen molar-refractivity contribution in [1.82, 2.24) is 10.3 Å². The third-order valence-corrected chi connectivity index (χ3v) is 4.81. The number of carbonyl (C=O) groups excluding carboxylic acids is 1. The normalized spacial score (nSPS) is 14.3. The van der Waals surface area contributed by atoms with Gasteiger partial charge in [0.2, 0.25) is 0 Å². The molecule has 1 aliphatic rings. The molecule has 2 N–H and O–H groups in total. The van der Waals surface area contributed by atoms with E-state index in [1.54, 1.807) is 24.5 Å². The molecule has 0 bridgehead atoms. The molecule has 10 heteroatoms. The number of anilines is 1. The lowest BCUT2D eigenvalue weighted by Crippen LogP contribution is -2.39. The van der Waals surface area contributed by atoms with Crippen molar-refractivity contribution < 1.29 is 18.0 Å². The molecule has 1 aliphatic carbocycles. The van der Waals surface area contributed by atoms with Crippen LogP contribution >= 0.6 is 11.6 Å². The number of halogens is 4. The fourth-order valence-electron chi connectivity index (χ4n) is 2.95. The highest BCUT2D eigenvalue weighted by Gasteiger charge is 2.31. The molecule has 3 rings (SSSR count). The number of hydrogen-bond donors (Lipinski definition) is 2. The van der Waals surface area contributed by atoms with Gasteiger partial charge in [-0.25, -0.2) is 4.79 Å². The zero-order valence-corrected chi connectivity index (χ0v) is 16.8. The molecule has 162 valence electrons. The number of urea groups is 1. The summed E-state index contributed by atoms with van der Waals surface area (Å²) in [4.78, 5) is 25.3. The second-order valence-electron chi connectivity index (χ2n) is 6.77. The van der Waals surface area contributed by atoms with E-state index in [4.69, 9.17) is 11.6 Å². The molecule has 1 saturated carbocycles.